The highest BCUT2D eigenvalue weighted by Gasteiger charge is 2.56. The smallest absolute Gasteiger partial charge is 0.432 e. The maximum Gasteiger partial charge on any atom is 0.510 e. The Morgan fingerprint density at radius 1 is 0.956 bits per heavy atom. The van der Waals surface area contributed by atoms with Crippen molar-refractivity contribution in [1.29, 1.82) is 0 Å². The minimum Gasteiger partial charge on any atom is -0.432 e. The van der Waals surface area contributed by atoms with Gasteiger partial charge in [-0.3, -0.25) is 37.9 Å². The molecular formula is C46H55F2N6O12PS. The molecule has 4 heterocycles. The highest BCUT2D eigenvalue weighted by Crippen LogP contribution is 2.67. The second-order valence-electron chi connectivity index (χ2n) is 17.6. The molecule has 0 bridgehead atoms. The molecular weight excluding hydrogens is 930 g/mol. The summed E-state index contributed by atoms with van der Waals surface area (Å²) in [5, 5.41) is 2.99. The molecule has 3 aliphatic heterocycles. The summed E-state index contributed by atoms with van der Waals surface area (Å²) in [5.74, 6) is -2.60. The molecule has 1 unspecified atom stereocenters. The van der Waals surface area contributed by atoms with Crippen LogP contribution >= 0.6 is 19.4 Å². The Bertz CT molecular complexity index is 2550. The van der Waals surface area contributed by atoms with Gasteiger partial charge in [-0.25, -0.2) is 11.4 Å². The van der Waals surface area contributed by atoms with Gasteiger partial charge in [0.2, 0.25) is 36.1 Å². The van der Waals surface area contributed by atoms with Crippen LogP contribution in [0, 0.1) is 12.5 Å². The molecule has 22 heteroatoms. The summed E-state index contributed by atoms with van der Waals surface area (Å²) in [5.41, 5.74) is -4.98. The maximum atomic E-state index is 16.5. The number of rotatable bonds is 16. The van der Waals surface area contributed by atoms with Crippen molar-refractivity contribution in [2.45, 2.75) is 102 Å². The number of fused-ring (bicyclic) bond motifs is 2. The summed E-state index contributed by atoms with van der Waals surface area (Å²) in [6, 6.07) is 7.27. The number of nitrogens with one attached hydrogen (secondary N) is 2. The van der Waals surface area contributed by atoms with E-state index in [1.807, 2.05) is 13.8 Å². The molecule has 2 N–H and O–H groups in total. The molecule has 1 aromatic heterocycles. The quantitative estimate of drug-likeness (QED) is 0.0534. The zero-order valence-electron chi connectivity index (χ0n) is 38.3. The molecule has 0 aliphatic carbocycles. The summed E-state index contributed by atoms with van der Waals surface area (Å²) >= 11 is 0.815. The fraction of sp³-hybridized carbons (Fsp3) is 0.522. The predicted octanol–water partition coefficient (Wildman–Crippen LogP) is 6.25. The SMILES string of the molecule is [C-]#[N+][C@H]1CN(C(=O)[C@@H]2CC[C@@H]3CCN(C(C)=O)C[C@H](NC(=O)c4ccc5ccc(C(F)(F)P(=O)(OCCSC(=O)CC(C)C)OCOC(=O)OC(C)C)cc5c4)C(=O)N32)C[C@@H]1c1cc[nH]c(=O)c1. The molecule has 6 rings (SSSR count). The zero-order valence-corrected chi connectivity index (χ0v) is 40.0. The number of carbonyl (C=O) groups is 6. The van der Waals surface area contributed by atoms with Crippen LogP contribution in [-0.2, 0) is 47.9 Å². The van der Waals surface area contributed by atoms with Crippen LogP contribution in [0.3, 0.4) is 0 Å². The molecule has 6 atom stereocenters. The first-order chi connectivity index (χ1) is 32.2. The first-order valence-electron chi connectivity index (χ1n) is 22.2. The first-order valence-corrected chi connectivity index (χ1v) is 24.8. The van der Waals surface area contributed by atoms with Crippen LogP contribution in [0.25, 0.3) is 15.6 Å². The fourth-order valence-electron chi connectivity index (χ4n) is 8.59. The van der Waals surface area contributed by atoms with Gasteiger partial charge in [-0.1, -0.05) is 43.8 Å². The number of alkyl halides is 2. The maximum absolute atomic E-state index is 16.5. The Kier molecular flexibility index (Phi) is 16.9. The molecule has 0 radical (unpaired) electrons. The summed E-state index contributed by atoms with van der Waals surface area (Å²) < 4.78 is 66.7. The lowest BCUT2D eigenvalue weighted by Gasteiger charge is -2.39. The summed E-state index contributed by atoms with van der Waals surface area (Å²) in [6.07, 6.45) is 0.961. The van der Waals surface area contributed by atoms with Gasteiger partial charge in [0.15, 0.2) is 5.12 Å². The lowest BCUT2D eigenvalue weighted by Crippen LogP contribution is -2.61. The number of pyridine rings is 1. The predicted molar refractivity (Wildman–Crippen MR) is 246 cm³/mol. The Balaban J connectivity index is 1.22. The van der Waals surface area contributed by atoms with Crippen LogP contribution in [-0.4, -0.2) is 130 Å². The van der Waals surface area contributed by atoms with E-state index in [0.29, 0.717) is 30.2 Å². The van der Waals surface area contributed by atoms with Crippen LogP contribution in [0.2, 0.25) is 0 Å². The number of amides is 4. The largest absolute Gasteiger partial charge is 0.510 e. The third-order valence-electron chi connectivity index (χ3n) is 11.9. The summed E-state index contributed by atoms with van der Waals surface area (Å²) in [7, 11) is -5.53. The number of ether oxygens (including phenoxy) is 2. The van der Waals surface area contributed by atoms with E-state index < -0.39 is 86.4 Å². The molecule has 4 amide bonds. The molecule has 3 aliphatic rings. The average molecular weight is 985 g/mol. The minimum absolute atomic E-state index is 0.0491. The van der Waals surface area contributed by atoms with E-state index in [1.54, 1.807) is 11.0 Å². The molecule has 2 aromatic carbocycles. The van der Waals surface area contributed by atoms with E-state index in [4.69, 9.17) is 25.1 Å². The summed E-state index contributed by atoms with van der Waals surface area (Å²) in [6.45, 7) is 14.3. The molecule has 0 saturated carbocycles. The van der Waals surface area contributed by atoms with E-state index in [9.17, 15) is 38.1 Å². The highest BCUT2D eigenvalue weighted by molar-refractivity contribution is 8.13. The second kappa shape index (κ2) is 22.2. The average Bonchev–Trinajstić information content (AvgIpc) is 3.91. The van der Waals surface area contributed by atoms with Crippen LogP contribution in [0.5, 0.6) is 0 Å². The van der Waals surface area contributed by atoms with Gasteiger partial charge in [0.1, 0.15) is 12.1 Å². The Labute approximate surface area is 396 Å². The lowest BCUT2D eigenvalue weighted by atomic mass is 9.96. The van der Waals surface area contributed by atoms with Crippen LogP contribution < -0.4 is 10.9 Å². The van der Waals surface area contributed by atoms with Gasteiger partial charge in [0, 0.05) is 68.2 Å². The molecule has 3 fully saturated rings. The van der Waals surface area contributed by atoms with Gasteiger partial charge in [-0.05, 0) is 79.6 Å². The van der Waals surface area contributed by atoms with Crippen LogP contribution in [0.15, 0.2) is 59.5 Å². The van der Waals surface area contributed by atoms with Gasteiger partial charge in [0.05, 0.1) is 25.2 Å². The molecule has 3 aromatic rings. The number of carbonyl (C=O) groups excluding carboxylic acids is 6. The van der Waals surface area contributed by atoms with Crippen LogP contribution in [0.1, 0.15) is 87.7 Å². The number of hydrogen-bond donors (Lipinski definition) is 2. The standard InChI is InChI=1S/C46H55F2N6O12PS/c1-27(2)19-41(57)68-18-17-64-67(62,65-26-63-45(61)66-28(3)4)46(47,48)34-10-9-30-7-8-32(20-33(30)21-34)42(58)51-38-25-52(29(5)55)16-14-35-11-12-39(54(35)43(38)59)44(60)53-23-36(37(24-53)49-6)31-13-15-50-40(56)22-31/h7-10,13,15,20-22,27-28,35-39H,11-12,14,16-19,23-26H2,1-5H3,(H,50,56)(H,51,58)/t35-,36-,37+,38+,39+,67?/m1/s1. The number of nitrogens with zero attached hydrogens (tertiary/aromatic N) is 4. The Morgan fingerprint density at radius 2 is 1.71 bits per heavy atom. The summed E-state index contributed by atoms with van der Waals surface area (Å²) in [4.78, 5) is 103. The number of likely N-dealkylation sites (tertiary alicyclic amines) is 1. The number of benzene rings is 2. The van der Waals surface area contributed by atoms with Crippen molar-refractivity contribution in [3.63, 3.8) is 0 Å². The zero-order chi connectivity index (χ0) is 49.5. The van der Waals surface area contributed by atoms with Crippen LogP contribution in [0.4, 0.5) is 13.6 Å². The topological polar surface area (TPSA) is 215 Å². The van der Waals surface area contributed by atoms with E-state index in [-0.39, 0.29) is 77.7 Å². The van der Waals surface area contributed by atoms with E-state index in [0.717, 1.165) is 23.9 Å². The van der Waals surface area contributed by atoms with E-state index >= 15 is 8.78 Å². The number of halogens is 2. The number of thioether (sulfide) groups is 1. The monoisotopic (exact) mass is 984 g/mol. The Hall–Kier alpha value is -5.68. The van der Waals surface area contributed by atoms with Crippen molar-refractivity contribution >= 4 is 65.0 Å². The fourth-order valence-corrected chi connectivity index (χ4v) is 10.9. The van der Waals surface area contributed by atoms with Crippen molar-refractivity contribution in [3.8, 4) is 0 Å². The van der Waals surface area contributed by atoms with Crippen molar-refractivity contribution in [1.82, 2.24) is 25.0 Å². The first kappa shape index (κ1) is 51.7. The van der Waals surface area contributed by atoms with Gasteiger partial charge in [-0.15, -0.1) is 0 Å². The highest BCUT2D eigenvalue weighted by atomic mass is 32.2. The number of aromatic amines is 1. The number of aromatic nitrogens is 1. The van der Waals surface area contributed by atoms with Crippen molar-refractivity contribution in [3.05, 3.63) is 93.2 Å². The van der Waals surface area contributed by atoms with Gasteiger partial charge >= 0.3 is 19.4 Å². The van der Waals surface area contributed by atoms with Gasteiger partial charge in [-0.2, -0.15) is 8.78 Å². The van der Waals surface area contributed by atoms with Gasteiger partial charge in [0.25, 0.3) is 5.91 Å². The lowest BCUT2D eigenvalue weighted by molar-refractivity contribution is -0.148. The second-order valence-corrected chi connectivity index (χ2v) is 20.8. The molecule has 0 spiro atoms. The van der Waals surface area contributed by atoms with E-state index in [2.05, 4.69) is 15.1 Å². The van der Waals surface area contributed by atoms with Crippen molar-refractivity contribution in [2.75, 3.05) is 45.3 Å². The normalized spacial score (nSPS) is 21.7. The third kappa shape index (κ3) is 12.1. The van der Waals surface area contributed by atoms with Crippen molar-refractivity contribution in [2.24, 2.45) is 5.92 Å². The Morgan fingerprint density at radius 3 is 2.40 bits per heavy atom. The molecule has 18 nitrogen and oxygen atoms in total. The number of hydrogen-bond acceptors (Lipinski definition) is 13. The van der Waals surface area contributed by atoms with E-state index in [1.165, 1.54) is 67.1 Å². The minimum atomic E-state index is -5.53. The van der Waals surface area contributed by atoms with Crippen molar-refractivity contribution < 1.29 is 60.6 Å². The molecule has 68 heavy (non-hydrogen) atoms. The molecule has 3 saturated heterocycles. The van der Waals surface area contributed by atoms with Gasteiger partial charge < -0.3 is 43.8 Å². The molecule has 366 valence electrons. The number of H-pyrrole nitrogens is 1. The third-order valence-corrected chi connectivity index (χ3v) is 14.7.